The lowest BCUT2D eigenvalue weighted by Crippen LogP contribution is -2.41. The summed E-state index contributed by atoms with van der Waals surface area (Å²) in [6, 6.07) is 1.60. The van der Waals surface area contributed by atoms with Crippen molar-refractivity contribution in [3.63, 3.8) is 0 Å². The zero-order chi connectivity index (χ0) is 15.6. The van der Waals surface area contributed by atoms with E-state index in [0.717, 1.165) is 20.4 Å². The standard InChI is InChI=1S/C13H17Br2NO3S2/c1-2-3-5-16(9-4-6-21(18,19)8-9)13(17)10-7-11(14)20-12(10)15/h7,9H,2-6,8H2,1H3. The van der Waals surface area contributed by atoms with Gasteiger partial charge in [-0.25, -0.2) is 8.42 Å². The lowest BCUT2D eigenvalue weighted by molar-refractivity contribution is 0.0694. The molecule has 118 valence electrons. The average molecular weight is 459 g/mol. The molecule has 1 aliphatic heterocycles. The van der Waals surface area contributed by atoms with Crippen molar-refractivity contribution in [2.45, 2.75) is 32.2 Å². The minimum Gasteiger partial charge on any atom is -0.335 e. The maximum absolute atomic E-state index is 12.8. The van der Waals surface area contributed by atoms with Crippen LogP contribution in [-0.4, -0.2) is 43.3 Å². The summed E-state index contributed by atoms with van der Waals surface area (Å²) in [5, 5.41) is 0. The van der Waals surface area contributed by atoms with Crippen LogP contribution in [0.25, 0.3) is 0 Å². The molecule has 1 unspecified atom stereocenters. The third-order valence-corrected chi connectivity index (χ3v) is 7.64. The van der Waals surface area contributed by atoms with E-state index in [0.29, 0.717) is 18.5 Å². The summed E-state index contributed by atoms with van der Waals surface area (Å²) in [6.07, 6.45) is 2.39. The highest BCUT2D eigenvalue weighted by molar-refractivity contribution is 9.12. The number of thiophene rings is 1. The number of hydrogen-bond acceptors (Lipinski definition) is 4. The Hall–Kier alpha value is 0.0800. The molecule has 0 aliphatic carbocycles. The lowest BCUT2D eigenvalue weighted by atomic mass is 10.1. The van der Waals surface area contributed by atoms with Crippen molar-refractivity contribution in [2.24, 2.45) is 0 Å². The molecule has 0 aromatic carbocycles. The van der Waals surface area contributed by atoms with Crippen LogP contribution in [-0.2, 0) is 9.84 Å². The maximum Gasteiger partial charge on any atom is 0.256 e. The molecule has 1 fully saturated rings. The van der Waals surface area contributed by atoms with E-state index in [1.165, 1.54) is 11.3 Å². The minimum atomic E-state index is -3.00. The number of nitrogens with zero attached hydrogens (tertiary/aromatic N) is 1. The Kier molecular flexibility index (Phi) is 5.90. The van der Waals surface area contributed by atoms with Crippen molar-refractivity contribution in [3.8, 4) is 0 Å². The van der Waals surface area contributed by atoms with Crippen molar-refractivity contribution >= 4 is 58.9 Å². The topological polar surface area (TPSA) is 54.5 Å². The predicted molar refractivity (Wildman–Crippen MR) is 92.7 cm³/mol. The Morgan fingerprint density at radius 2 is 2.19 bits per heavy atom. The van der Waals surface area contributed by atoms with Gasteiger partial charge in [0.15, 0.2) is 9.84 Å². The molecular weight excluding hydrogens is 442 g/mol. The third kappa shape index (κ3) is 4.30. The summed E-state index contributed by atoms with van der Waals surface area (Å²) in [4.78, 5) is 14.5. The van der Waals surface area contributed by atoms with E-state index in [1.54, 1.807) is 11.0 Å². The van der Waals surface area contributed by atoms with Crippen LogP contribution in [0, 0.1) is 0 Å². The molecule has 2 rings (SSSR count). The van der Waals surface area contributed by atoms with Gasteiger partial charge >= 0.3 is 0 Å². The monoisotopic (exact) mass is 457 g/mol. The predicted octanol–water partition coefficient (Wildman–Crippen LogP) is 3.70. The number of carbonyl (C=O) groups excluding carboxylic acids is 1. The van der Waals surface area contributed by atoms with Gasteiger partial charge in [-0.1, -0.05) is 13.3 Å². The van der Waals surface area contributed by atoms with E-state index < -0.39 is 9.84 Å². The normalized spacial score (nSPS) is 20.6. The molecule has 0 spiro atoms. The third-order valence-electron chi connectivity index (χ3n) is 3.55. The Morgan fingerprint density at radius 3 is 2.67 bits per heavy atom. The summed E-state index contributed by atoms with van der Waals surface area (Å²) in [7, 11) is -3.00. The van der Waals surface area contributed by atoms with Gasteiger partial charge in [-0.3, -0.25) is 4.79 Å². The highest BCUT2D eigenvalue weighted by Gasteiger charge is 2.35. The number of rotatable bonds is 5. The fourth-order valence-corrected chi connectivity index (χ4v) is 6.95. The fourth-order valence-electron chi connectivity index (χ4n) is 2.44. The van der Waals surface area contributed by atoms with E-state index in [-0.39, 0.29) is 23.5 Å². The second-order valence-corrected chi connectivity index (χ2v) is 11.1. The molecular formula is C13H17Br2NO3S2. The van der Waals surface area contributed by atoms with Gasteiger partial charge in [-0.15, -0.1) is 11.3 Å². The van der Waals surface area contributed by atoms with Crippen molar-refractivity contribution in [2.75, 3.05) is 18.1 Å². The molecule has 21 heavy (non-hydrogen) atoms. The van der Waals surface area contributed by atoms with Crippen LogP contribution in [0.4, 0.5) is 0 Å². The van der Waals surface area contributed by atoms with Crippen molar-refractivity contribution in [1.29, 1.82) is 0 Å². The Morgan fingerprint density at radius 1 is 1.48 bits per heavy atom. The summed E-state index contributed by atoms with van der Waals surface area (Å²) < 4.78 is 25.1. The molecule has 2 heterocycles. The first-order chi connectivity index (χ1) is 9.84. The number of unbranched alkanes of at least 4 members (excludes halogenated alkanes) is 1. The summed E-state index contributed by atoms with van der Waals surface area (Å²) in [6.45, 7) is 2.67. The maximum atomic E-state index is 12.8. The lowest BCUT2D eigenvalue weighted by Gasteiger charge is -2.28. The molecule has 1 amide bonds. The van der Waals surface area contributed by atoms with Crippen molar-refractivity contribution in [3.05, 3.63) is 19.2 Å². The molecule has 0 radical (unpaired) electrons. The molecule has 0 N–H and O–H groups in total. The van der Waals surface area contributed by atoms with E-state index >= 15 is 0 Å². The van der Waals surface area contributed by atoms with Crippen LogP contribution >= 0.6 is 43.2 Å². The van der Waals surface area contributed by atoms with Crippen LogP contribution in [0.3, 0.4) is 0 Å². The molecule has 0 bridgehead atoms. The zero-order valence-corrected chi connectivity index (χ0v) is 16.4. The molecule has 0 saturated carbocycles. The first-order valence-corrected chi connectivity index (χ1v) is 11.0. The molecule has 1 saturated heterocycles. The number of carbonyl (C=O) groups is 1. The molecule has 1 aliphatic rings. The van der Waals surface area contributed by atoms with Crippen LogP contribution in [0.1, 0.15) is 36.5 Å². The Labute approximate surface area is 146 Å². The van der Waals surface area contributed by atoms with Crippen LogP contribution in [0.15, 0.2) is 13.6 Å². The van der Waals surface area contributed by atoms with E-state index in [2.05, 4.69) is 38.8 Å². The van der Waals surface area contributed by atoms with Gasteiger partial charge in [0.05, 0.1) is 24.6 Å². The van der Waals surface area contributed by atoms with Crippen LogP contribution < -0.4 is 0 Å². The van der Waals surface area contributed by atoms with Crippen LogP contribution in [0.5, 0.6) is 0 Å². The van der Waals surface area contributed by atoms with E-state index in [4.69, 9.17) is 0 Å². The summed E-state index contributed by atoms with van der Waals surface area (Å²) in [5.41, 5.74) is 0.604. The zero-order valence-electron chi connectivity index (χ0n) is 11.6. The highest BCUT2D eigenvalue weighted by Crippen LogP contribution is 2.33. The largest absolute Gasteiger partial charge is 0.335 e. The van der Waals surface area contributed by atoms with Gasteiger partial charge in [0.25, 0.3) is 5.91 Å². The van der Waals surface area contributed by atoms with E-state index in [1.807, 2.05) is 0 Å². The number of sulfone groups is 1. The second kappa shape index (κ2) is 7.10. The second-order valence-electron chi connectivity index (χ2n) is 5.15. The van der Waals surface area contributed by atoms with Gasteiger partial charge in [0, 0.05) is 12.6 Å². The number of amides is 1. The SMILES string of the molecule is CCCCN(C(=O)c1cc(Br)sc1Br)C1CCS(=O)(=O)C1. The highest BCUT2D eigenvalue weighted by atomic mass is 79.9. The minimum absolute atomic E-state index is 0.0839. The summed E-state index contributed by atoms with van der Waals surface area (Å²) in [5.74, 6) is 0.187. The smallest absolute Gasteiger partial charge is 0.256 e. The molecule has 4 nitrogen and oxygen atoms in total. The van der Waals surface area contributed by atoms with Crippen molar-refractivity contribution < 1.29 is 13.2 Å². The van der Waals surface area contributed by atoms with Gasteiger partial charge in [-0.05, 0) is 50.8 Å². The molecule has 1 aromatic heterocycles. The van der Waals surface area contributed by atoms with Gasteiger partial charge in [0.2, 0.25) is 0 Å². The molecule has 8 heteroatoms. The Balaban J connectivity index is 2.23. The van der Waals surface area contributed by atoms with Crippen LogP contribution in [0.2, 0.25) is 0 Å². The first kappa shape index (κ1) is 17.4. The van der Waals surface area contributed by atoms with Crippen molar-refractivity contribution in [1.82, 2.24) is 4.90 Å². The molecule has 1 aromatic rings. The number of hydrogen-bond donors (Lipinski definition) is 0. The van der Waals surface area contributed by atoms with Gasteiger partial charge in [0.1, 0.15) is 0 Å². The fraction of sp³-hybridized carbons (Fsp3) is 0.615. The Bertz CT molecular complexity index is 627. The quantitative estimate of drug-likeness (QED) is 0.675. The average Bonchev–Trinajstić information content (AvgIpc) is 2.92. The first-order valence-electron chi connectivity index (χ1n) is 6.80. The van der Waals surface area contributed by atoms with E-state index in [9.17, 15) is 13.2 Å². The number of halogens is 2. The summed E-state index contributed by atoms with van der Waals surface area (Å²) >= 11 is 8.23. The van der Waals surface area contributed by atoms with Gasteiger partial charge < -0.3 is 4.90 Å². The molecule has 1 atom stereocenters. The van der Waals surface area contributed by atoms with Gasteiger partial charge in [-0.2, -0.15) is 0 Å².